The summed E-state index contributed by atoms with van der Waals surface area (Å²) < 4.78 is 5.94. The Bertz CT molecular complexity index is 483. The summed E-state index contributed by atoms with van der Waals surface area (Å²) in [5, 5.41) is 0. The molecule has 2 N–H and O–H groups in total. The van der Waals surface area contributed by atoms with E-state index in [-0.39, 0.29) is 29.3 Å². The summed E-state index contributed by atoms with van der Waals surface area (Å²) in [6.45, 7) is 14.2. The molecule has 1 heterocycles. The van der Waals surface area contributed by atoms with Crippen LogP contribution in [0.25, 0.3) is 0 Å². The fraction of sp³-hybridized carbons (Fsp3) is 0.647. The number of rotatable bonds is 0. The molecule has 0 amide bonds. The van der Waals surface area contributed by atoms with Gasteiger partial charge in [-0.05, 0) is 22.5 Å². The third-order valence-corrected chi connectivity index (χ3v) is 3.87. The van der Waals surface area contributed by atoms with Crippen LogP contribution in [0.2, 0.25) is 0 Å². The number of hydrogen-bond acceptors (Lipinski definition) is 2. The maximum absolute atomic E-state index is 6.29. The van der Waals surface area contributed by atoms with Gasteiger partial charge in [0.15, 0.2) is 0 Å². The lowest BCUT2D eigenvalue weighted by Gasteiger charge is -2.33. The van der Waals surface area contributed by atoms with Gasteiger partial charge >= 0.3 is 0 Å². The summed E-state index contributed by atoms with van der Waals surface area (Å²) in [6.07, 6.45) is 0.907. The second-order valence-electron chi connectivity index (χ2n) is 7.69. The lowest BCUT2D eigenvalue weighted by atomic mass is 9.77. The molecule has 0 saturated carbocycles. The van der Waals surface area contributed by atoms with Crippen molar-refractivity contribution in [3.63, 3.8) is 0 Å². The van der Waals surface area contributed by atoms with E-state index in [1.807, 2.05) is 0 Å². The summed E-state index contributed by atoms with van der Waals surface area (Å²) in [7, 11) is 0. The largest absolute Gasteiger partial charge is 0.493 e. The van der Waals surface area contributed by atoms with E-state index in [4.69, 9.17) is 10.5 Å². The number of hydrogen-bond donors (Lipinski definition) is 1. The molecule has 1 aromatic rings. The van der Waals surface area contributed by atoms with Crippen LogP contribution in [0.5, 0.6) is 5.75 Å². The zero-order chi connectivity index (χ0) is 14.4. The fourth-order valence-corrected chi connectivity index (χ4v) is 2.52. The van der Waals surface area contributed by atoms with Crippen molar-refractivity contribution in [3.8, 4) is 5.75 Å². The van der Waals surface area contributed by atoms with Crippen molar-refractivity contribution in [3.05, 3.63) is 28.8 Å². The molecule has 0 spiro atoms. The van der Waals surface area contributed by atoms with Crippen LogP contribution in [0.15, 0.2) is 12.1 Å². The second kappa shape index (κ2) is 5.57. The molecule has 0 fully saturated rings. The van der Waals surface area contributed by atoms with Crippen LogP contribution in [0.4, 0.5) is 0 Å². The molecule has 0 aromatic heterocycles. The molecular formula is C17H28ClNO. The predicted molar refractivity (Wildman–Crippen MR) is 88.1 cm³/mol. The molecule has 20 heavy (non-hydrogen) atoms. The molecule has 0 saturated heterocycles. The Kier molecular flexibility index (Phi) is 4.83. The van der Waals surface area contributed by atoms with Crippen molar-refractivity contribution < 1.29 is 4.74 Å². The van der Waals surface area contributed by atoms with Gasteiger partial charge in [0, 0.05) is 23.6 Å². The predicted octanol–water partition coefficient (Wildman–Crippen LogP) is 4.49. The molecule has 3 heteroatoms. The van der Waals surface area contributed by atoms with E-state index >= 15 is 0 Å². The molecule has 2 rings (SSSR count). The lowest BCUT2D eigenvalue weighted by molar-refractivity contribution is 0.261. The summed E-state index contributed by atoms with van der Waals surface area (Å²) in [6, 6.07) is 4.65. The van der Waals surface area contributed by atoms with Gasteiger partial charge in [0.05, 0.1) is 6.61 Å². The van der Waals surface area contributed by atoms with Crippen molar-refractivity contribution in [1.29, 1.82) is 0 Å². The molecule has 1 aromatic carbocycles. The van der Waals surface area contributed by atoms with Crippen molar-refractivity contribution in [2.24, 2.45) is 5.73 Å². The first-order valence-corrected chi connectivity index (χ1v) is 7.18. The van der Waals surface area contributed by atoms with Gasteiger partial charge in [-0.25, -0.2) is 0 Å². The molecule has 114 valence electrons. The molecule has 1 atom stereocenters. The van der Waals surface area contributed by atoms with Crippen LogP contribution in [0, 0.1) is 0 Å². The highest BCUT2D eigenvalue weighted by molar-refractivity contribution is 5.85. The van der Waals surface area contributed by atoms with Crippen molar-refractivity contribution >= 4 is 12.4 Å². The van der Waals surface area contributed by atoms with Crippen LogP contribution < -0.4 is 10.5 Å². The summed E-state index contributed by atoms with van der Waals surface area (Å²) in [4.78, 5) is 0. The third kappa shape index (κ3) is 3.29. The average molecular weight is 298 g/mol. The Morgan fingerprint density at radius 3 is 2.15 bits per heavy atom. The number of halogens is 1. The Morgan fingerprint density at radius 2 is 1.65 bits per heavy atom. The first-order valence-electron chi connectivity index (χ1n) is 7.18. The Balaban J connectivity index is 0.00000200. The van der Waals surface area contributed by atoms with E-state index in [1.54, 1.807) is 0 Å². The molecular weight excluding hydrogens is 270 g/mol. The van der Waals surface area contributed by atoms with Crippen molar-refractivity contribution in [2.75, 3.05) is 6.61 Å². The highest BCUT2D eigenvalue weighted by atomic mass is 35.5. The minimum atomic E-state index is 0. The highest BCUT2D eigenvalue weighted by Gasteiger charge is 2.29. The minimum absolute atomic E-state index is 0. The van der Waals surface area contributed by atoms with E-state index < -0.39 is 0 Å². The number of benzene rings is 1. The van der Waals surface area contributed by atoms with E-state index in [2.05, 4.69) is 53.7 Å². The van der Waals surface area contributed by atoms with Gasteiger partial charge in [0.2, 0.25) is 0 Å². The molecule has 0 aliphatic carbocycles. The minimum Gasteiger partial charge on any atom is -0.493 e. The van der Waals surface area contributed by atoms with Crippen LogP contribution in [-0.2, 0) is 10.8 Å². The average Bonchev–Trinajstić information content (AvgIpc) is 2.25. The van der Waals surface area contributed by atoms with Crippen LogP contribution in [0.1, 0.15) is 70.7 Å². The van der Waals surface area contributed by atoms with Gasteiger partial charge in [-0.3, -0.25) is 0 Å². The zero-order valence-electron chi connectivity index (χ0n) is 13.5. The maximum atomic E-state index is 6.29. The highest BCUT2D eigenvalue weighted by Crippen LogP contribution is 2.42. The molecule has 0 radical (unpaired) electrons. The van der Waals surface area contributed by atoms with Crippen LogP contribution in [0.3, 0.4) is 0 Å². The molecule has 2 nitrogen and oxygen atoms in total. The summed E-state index contributed by atoms with van der Waals surface area (Å²) in [5.74, 6) is 1.03. The van der Waals surface area contributed by atoms with Crippen molar-refractivity contribution in [2.45, 2.75) is 64.8 Å². The van der Waals surface area contributed by atoms with Crippen LogP contribution in [-0.4, -0.2) is 6.61 Å². The molecule has 0 bridgehead atoms. The Labute approximate surface area is 129 Å². The molecule has 1 aliphatic heterocycles. The van der Waals surface area contributed by atoms with Gasteiger partial charge in [0.25, 0.3) is 0 Å². The maximum Gasteiger partial charge on any atom is 0.127 e. The van der Waals surface area contributed by atoms with Gasteiger partial charge in [-0.15, -0.1) is 12.4 Å². The molecule has 0 unspecified atom stereocenters. The molecule has 1 aliphatic rings. The normalized spacial score (nSPS) is 18.9. The lowest BCUT2D eigenvalue weighted by Crippen LogP contribution is -2.26. The summed E-state index contributed by atoms with van der Waals surface area (Å²) in [5.41, 5.74) is 10.3. The number of nitrogens with two attached hydrogens (primary N) is 1. The number of ether oxygens (including phenoxy) is 1. The van der Waals surface area contributed by atoms with E-state index in [0.29, 0.717) is 0 Å². The van der Waals surface area contributed by atoms with Gasteiger partial charge in [0.1, 0.15) is 5.75 Å². The smallest absolute Gasteiger partial charge is 0.127 e. The summed E-state index contributed by atoms with van der Waals surface area (Å²) >= 11 is 0. The van der Waals surface area contributed by atoms with E-state index in [0.717, 1.165) is 18.8 Å². The van der Waals surface area contributed by atoms with E-state index in [9.17, 15) is 0 Å². The fourth-order valence-electron chi connectivity index (χ4n) is 2.52. The van der Waals surface area contributed by atoms with Crippen LogP contribution >= 0.6 is 12.4 Å². The number of fused-ring (bicyclic) bond motifs is 1. The third-order valence-electron chi connectivity index (χ3n) is 3.87. The Hall–Kier alpha value is -0.730. The Morgan fingerprint density at radius 1 is 1.05 bits per heavy atom. The SMILES string of the molecule is CC(C)(C)c1cc2c(c(C(C)(C)C)c1)OCC[C@H]2N.Cl. The van der Waals surface area contributed by atoms with Gasteiger partial charge < -0.3 is 10.5 Å². The van der Waals surface area contributed by atoms with Gasteiger partial charge in [-0.2, -0.15) is 0 Å². The van der Waals surface area contributed by atoms with E-state index in [1.165, 1.54) is 16.7 Å². The quantitative estimate of drug-likeness (QED) is 0.766. The van der Waals surface area contributed by atoms with Gasteiger partial charge in [-0.1, -0.05) is 47.6 Å². The monoisotopic (exact) mass is 297 g/mol. The van der Waals surface area contributed by atoms with Crippen molar-refractivity contribution in [1.82, 2.24) is 0 Å². The second-order valence-corrected chi connectivity index (χ2v) is 7.69. The topological polar surface area (TPSA) is 35.2 Å². The first kappa shape index (κ1) is 17.3. The standard InChI is InChI=1S/C17H27NO.ClH/c1-16(2,3)11-9-12-14(18)7-8-19-15(12)13(10-11)17(4,5)6;/h9-10,14H,7-8,18H2,1-6H3;1H/t14-;/m1./s1. The first-order chi connectivity index (χ1) is 8.60. The zero-order valence-corrected chi connectivity index (χ0v) is 14.4.